The van der Waals surface area contributed by atoms with E-state index in [4.69, 9.17) is 5.73 Å². The number of rotatable bonds is 6. The molecular weight excluding hydrogens is 294 g/mol. The standard InChI is InChI=1S/C17H29N3O3/c1-11(2)10-13(14(18)21)19(4)15(22)12-6-5-9-20(12)16(23)17(3)7-8-17/h11-13H,5-10H2,1-4H3,(H2,18,21)/t12-,13+/m0/s1. The highest BCUT2D eigenvalue weighted by atomic mass is 16.2. The molecule has 1 aliphatic heterocycles. The van der Waals surface area contributed by atoms with Gasteiger partial charge in [0, 0.05) is 19.0 Å². The second-order valence-electron chi connectivity index (χ2n) is 7.71. The molecule has 2 fully saturated rings. The molecule has 1 heterocycles. The maximum absolute atomic E-state index is 12.9. The van der Waals surface area contributed by atoms with Crippen molar-refractivity contribution in [2.45, 2.75) is 65.0 Å². The van der Waals surface area contributed by atoms with Crippen LogP contribution in [0.4, 0.5) is 0 Å². The average molecular weight is 323 g/mol. The van der Waals surface area contributed by atoms with Crippen molar-refractivity contribution in [2.75, 3.05) is 13.6 Å². The summed E-state index contributed by atoms with van der Waals surface area (Å²) >= 11 is 0. The van der Waals surface area contributed by atoms with Crippen LogP contribution in [0.15, 0.2) is 0 Å². The summed E-state index contributed by atoms with van der Waals surface area (Å²) in [5, 5.41) is 0. The molecule has 2 aliphatic rings. The highest BCUT2D eigenvalue weighted by Crippen LogP contribution is 2.47. The minimum absolute atomic E-state index is 0.0845. The lowest BCUT2D eigenvalue weighted by molar-refractivity contribution is -0.148. The van der Waals surface area contributed by atoms with Gasteiger partial charge in [0.05, 0.1) is 0 Å². The SMILES string of the molecule is CC(C)C[C@H](C(N)=O)N(C)C(=O)[C@@H]1CCCN1C(=O)C1(C)CC1. The summed E-state index contributed by atoms with van der Waals surface area (Å²) in [5.74, 6) is -0.306. The molecule has 6 heteroatoms. The largest absolute Gasteiger partial charge is 0.368 e. The van der Waals surface area contributed by atoms with Crippen LogP contribution in [0.3, 0.4) is 0 Å². The zero-order valence-electron chi connectivity index (χ0n) is 14.7. The summed E-state index contributed by atoms with van der Waals surface area (Å²) in [7, 11) is 1.62. The van der Waals surface area contributed by atoms with Crippen molar-refractivity contribution in [3.8, 4) is 0 Å². The van der Waals surface area contributed by atoms with Gasteiger partial charge in [-0.25, -0.2) is 0 Å². The molecule has 0 aromatic carbocycles. The Morgan fingerprint density at radius 3 is 2.39 bits per heavy atom. The Morgan fingerprint density at radius 2 is 1.91 bits per heavy atom. The second kappa shape index (κ2) is 6.49. The number of likely N-dealkylation sites (tertiary alicyclic amines) is 1. The van der Waals surface area contributed by atoms with Crippen LogP contribution in [0.5, 0.6) is 0 Å². The zero-order valence-corrected chi connectivity index (χ0v) is 14.7. The lowest BCUT2D eigenvalue weighted by atomic mass is 10.0. The van der Waals surface area contributed by atoms with Crippen LogP contribution in [0.25, 0.3) is 0 Å². The van der Waals surface area contributed by atoms with E-state index in [1.807, 2.05) is 20.8 Å². The molecule has 2 N–H and O–H groups in total. The molecule has 0 aromatic heterocycles. The van der Waals surface area contributed by atoms with Gasteiger partial charge in [0.15, 0.2) is 0 Å². The van der Waals surface area contributed by atoms with E-state index in [0.717, 1.165) is 19.3 Å². The number of carbonyl (C=O) groups is 3. The van der Waals surface area contributed by atoms with E-state index in [-0.39, 0.29) is 23.1 Å². The van der Waals surface area contributed by atoms with Crippen LogP contribution in [-0.4, -0.2) is 53.2 Å². The van der Waals surface area contributed by atoms with Crippen molar-refractivity contribution >= 4 is 17.7 Å². The lowest BCUT2D eigenvalue weighted by Crippen LogP contribution is -2.54. The third-order valence-corrected chi connectivity index (χ3v) is 5.15. The summed E-state index contributed by atoms with van der Waals surface area (Å²) < 4.78 is 0. The molecule has 2 atom stereocenters. The van der Waals surface area contributed by atoms with Crippen LogP contribution in [0.1, 0.15) is 52.9 Å². The molecule has 1 saturated heterocycles. The predicted molar refractivity (Wildman–Crippen MR) is 87.3 cm³/mol. The highest BCUT2D eigenvalue weighted by molar-refractivity contribution is 5.93. The quantitative estimate of drug-likeness (QED) is 0.795. The van der Waals surface area contributed by atoms with Gasteiger partial charge in [0.2, 0.25) is 17.7 Å². The molecule has 130 valence electrons. The Kier molecular flexibility index (Phi) is 5.01. The molecule has 6 nitrogen and oxygen atoms in total. The van der Waals surface area contributed by atoms with Gasteiger partial charge < -0.3 is 15.5 Å². The van der Waals surface area contributed by atoms with Crippen molar-refractivity contribution < 1.29 is 14.4 Å². The van der Waals surface area contributed by atoms with E-state index < -0.39 is 18.0 Å². The zero-order chi connectivity index (χ0) is 17.4. The summed E-state index contributed by atoms with van der Waals surface area (Å²) in [6.45, 7) is 6.58. The molecule has 0 unspecified atom stereocenters. The number of nitrogens with two attached hydrogens (primary N) is 1. The Balaban J connectivity index is 2.10. The lowest BCUT2D eigenvalue weighted by Gasteiger charge is -2.33. The van der Waals surface area contributed by atoms with Crippen LogP contribution < -0.4 is 5.73 Å². The van der Waals surface area contributed by atoms with Crippen LogP contribution in [-0.2, 0) is 14.4 Å². The van der Waals surface area contributed by atoms with Gasteiger partial charge in [-0.3, -0.25) is 14.4 Å². The minimum atomic E-state index is -0.614. The van der Waals surface area contributed by atoms with Crippen LogP contribution in [0.2, 0.25) is 0 Å². The van der Waals surface area contributed by atoms with Gasteiger partial charge in [0.1, 0.15) is 12.1 Å². The van der Waals surface area contributed by atoms with Crippen molar-refractivity contribution in [2.24, 2.45) is 17.1 Å². The van der Waals surface area contributed by atoms with Crippen LogP contribution in [0, 0.1) is 11.3 Å². The molecule has 0 aromatic rings. The molecule has 23 heavy (non-hydrogen) atoms. The summed E-state index contributed by atoms with van der Waals surface area (Å²) in [6.07, 6.45) is 3.83. The van der Waals surface area contributed by atoms with Gasteiger partial charge in [-0.1, -0.05) is 20.8 Å². The number of nitrogens with zero attached hydrogens (tertiary/aromatic N) is 2. The van der Waals surface area contributed by atoms with Gasteiger partial charge in [-0.2, -0.15) is 0 Å². The predicted octanol–water partition coefficient (Wildman–Crippen LogP) is 1.14. The number of hydrogen-bond acceptors (Lipinski definition) is 3. The summed E-state index contributed by atoms with van der Waals surface area (Å²) in [6, 6.07) is -1.06. The van der Waals surface area contributed by atoms with E-state index in [1.165, 1.54) is 4.90 Å². The first-order valence-electron chi connectivity index (χ1n) is 8.54. The molecule has 1 saturated carbocycles. The van der Waals surface area contributed by atoms with Gasteiger partial charge >= 0.3 is 0 Å². The van der Waals surface area contributed by atoms with E-state index in [9.17, 15) is 14.4 Å². The van der Waals surface area contributed by atoms with Crippen molar-refractivity contribution in [1.29, 1.82) is 0 Å². The number of amides is 3. The monoisotopic (exact) mass is 323 g/mol. The minimum Gasteiger partial charge on any atom is -0.368 e. The molecule has 0 radical (unpaired) electrons. The van der Waals surface area contributed by atoms with E-state index in [2.05, 4.69) is 0 Å². The summed E-state index contributed by atoms with van der Waals surface area (Å²) in [5.41, 5.74) is 5.21. The maximum atomic E-state index is 12.9. The van der Waals surface area contributed by atoms with E-state index >= 15 is 0 Å². The van der Waals surface area contributed by atoms with Crippen molar-refractivity contribution in [3.63, 3.8) is 0 Å². The Morgan fingerprint density at radius 1 is 1.30 bits per heavy atom. The number of carbonyl (C=O) groups excluding carboxylic acids is 3. The molecule has 0 bridgehead atoms. The Bertz CT molecular complexity index is 499. The molecule has 3 amide bonds. The fourth-order valence-corrected chi connectivity index (χ4v) is 3.31. The average Bonchev–Trinajstić information content (AvgIpc) is 3.04. The van der Waals surface area contributed by atoms with Gasteiger partial charge in [-0.15, -0.1) is 0 Å². The van der Waals surface area contributed by atoms with E-state index in [1.54, 1.807) is 11.9 Å². The fraction of sp³-hybridized carbons (Fsp3) is 0.824. The first-order valence-corrected chi connectivity index (χ1v) is 8.54. The van der Waals surface area contributed by atoms with Gasteiger partial charge in [-0.05, 0) is 38.0 Å². The second-order valence-corrected chi connectivity index (χ2v) is 7.71. The smallest absolute Gasteiger partial charge is 0.245 e. The van der Waals surface area contributed by atoms with Crippen LogP contribution >= 0.6 is 0 Å². The Labute approximate surface area is 138 Å². The van der Waals surface area contributed by atoms with E-state index in [0.29, 0.717) is 19.4 Å². The third-order valence-electron chi connectivity index (χ3n) is 5.15. The molecule has 2 rings (SSSR count). The van der Waals surface area contributed by atoms with Crippen molar-refractivity contribution in [1.82, 2.24) is 9.80 Å². The highest BCUT2D eigenvalue weighted by Gasteiger charge is 2.50. The number of likely N-dealkylation sites (N-methyl/N-ethyl adjacent to an activating group) is 1. The topological polar surface area (TPSA) is 83.7 Å². The fourth-order valence-electron chi connectivity index (χ4n) is 3.31. The first kappa shape index (κ1) is 17.8. The molecule has 1 aliphatic carbocycles. The molecule has 0 spiro atoms. The maximum Gasteiger partial charge on any atom is 0.245 e. The van der Waals surface area contributed by atoms with Crippen molar-refractivity contribution in [3.05, 3.63) is 0 Å². The molecular formula is C17H29N3O3. The third kappa shape index (κ3) is 3.67. The number of primary amides is 1. The number of hydrogen-bond donors (Lipinski definition) is 1. The van der Waals surface area contributed by atoms with Gasteiger partial charge in [0.25, 0.3) is 0 Å². The summed E-state index contributed by atoms with van der Waals surface area (Å²) in [4.78, 5) is 40.4. The first-order chi connectivity index (χ1) is 10.7. The Hall–Kier alpha value is -1.59. The normalized spacial score (nSPS) is 23.7.